The number of hydrogen-bond donors (Lipinski definition) is 2. The van der Waals surface area contributed by atoms with Crippen LogP contribution >= 0.6 is 11.6 Å². The van der Waals surface area contributed by atoms with Crippen LogP contribution in [0.4, 0.5) is 10.5 Å². The summed E-state index contributed by atoms with van der Waals surface area (Å²) in [6.45, 7) is 7.41. The van der Waals surface area contributed by atoms with Crippen LogP contribution in [0.25, 0.3) is 0 Å². The van der Waals surface area contributed by atoms with Crippen molar-refractivity contribution < 1.29 is 19.0 Å². The summed E-state index contributed by atoms with van der Waals surface area (Å²) >= 11 is 6.05. The number of carbonyl (C=O) groups excluding carboxylic acids is 1. The maximum atomic E-state index is 12.8. The normalized spacial score (nSPS) is 20.9. The summed E-state index contributed by atoms with van der Waals surface area (Å²) in [7, 11) is 4.65. The second-order valence-electron chi connectivity index (χ2n) is 9.69. The van der Waals surface area contributed by atoms with Gasteiger partial charge in [-0.05, 0) is 63.1 Å². The van der Waals surface area contributed by atoms with E-state index in [4.69, 9.17) is 25.8 Å². The summed E-state index contributed by atoms with van der Waals surface area (Å²) in [6.07, 6.45) is 4.47. The van der Waals surface area contributed by atoms with Crippen molar-refractivity contribution in [2.45, 2.75) is 64.6 Å². The molecule has 3 rings (SSSR count). The number of ether oxygens (including phenoxy) is 3. The van der Waals surface area contributed by atoms with E-state index in [0.29, 0.717) is 40.9 Å². The molecule has 2 aromatic rings. The topological polar surface area (TPSA) is 72.1 Å². The summed E-state index contributed by atoms with van der Waals surface area (Å²) < 4.78 is 16.1. The van der Waals surface area contributed by atoms with Crippen LogP contribution in [0, 0.1) is 5.92 Å². The molecule has 198 valence electrons. The lowest BCUT2D eigenvalue weighted by atomic mass is 9.81. The van der Waals surface area contributed by atoms with Crippen LogP contribution in [-0.2, 0) is 6.42 Å². The van der Waals surface area contributed by atoms with E-state index in [1.165, 1.54) is 5.56 Å². The second-order valence-corrected chi connectivity index (χ2v) is 10.1. The number of benzene rings is 2. The molecule has 0 bridgehead atoms. The lowest BCUT2D eigenvalue weighted by Crippen LogP contribution is -2.53. The van der Waals surface area contributed by atoms with E-state index >= 15 is 0 Å². The van der Waals surface area contributed by atoms with Gasteiger partial charge in [0.1, 0.15) is 0 Å². The Balaban J connectivity index is 1.57. The summed E-state index contributed by atoms with van der Waals surface area (Å²) in [5, 5.41) is 6.76. The van der Waals surface area contributed by atoms with Gasteiger partial charge in [-0.25, -0.2) is 4.79 Å². The van der Waals surface area contributed by atoms with Crippen molar-refractivity contribution in [1.82, 2.24) is 10.2 Å². The van der Waals surface area contributed by atoms with Crippen LogP contribution in [0.15, 0.2) is 36.4 Å². The van der Waals surface area contributed by atoms with Gasteiger partial charge >= 0.3 is 6.03 Å². The van der Waals surface area contributed by atoms with Gasteiger partial charge in [-0.3, -0.25) is 4.90 Å². The molecule has 7 nitrogen and oxygen atoms in total. The van der Waals surface area contributed by atoms with Gasteiger partial charge in [-0.2, -0.15) is 0 Å². The number of hydrogen-bond acceptors (Lipinski definition) is 5. The maximum Gasteiger partial charge on any atom is 0.319 e. The Kier molecular flexibility index (Phi) is 10.1. The van der Waals surface area contributed by atoms with E-state index < -0.39 is 0 Å². The number of nitrogens with zero attached hydrogens (tertiary/aromatic N) is 1. The van der Waals surface area contributed by atoms with Crippen molar-refractivity contribution >= 4 is 23.3 Å². The average molecular weight is 518 g/mol. The highest BCUT2D eigenvalue weighted by Crippen LogP contribution is 2.40. The van der Waals surface area contributed by atoms with Crippen LogP contribution in [0.3, 0.4) is 0 Å². The van der Waals surface area contributed by atoms with E-state index in [2.05, 4.69) is 41.5 Å². The first-order chi connectivity index (χ1) is 17.3. The summed E-state index contributed by atoms with van der Waals surface area (Å²) in [5.41, 5.74) is 1.91. The molecule has 0 aromatic heterocycles. The molecule has 1 saturated heterocycles. The number of likely N-dealkylation sites (tertiary alicyclic amines) is 1. The highest BCUT2D eigenvalue weighted by Gasteiger charge is 2.33. The van der Waals surface area contributed by atoms with E-state index in [1.807, 2.05) is 19.1 Å². The largest absolute Gasteiger partial charge is 0.493 e. The van der Waals surface area contributed by atoms with Gasteiger partial charge in [0.25, 0.3) is 0 Å². The van der Waals surface area contributed by atoms with Crippen molar-refractivity contribution in [2.75, 3.05) is 33.2 Å². The fourth-order valence-electron chi connectivity index (χ4n) is 5.35. The van der Waals surface area contributed by atoms with Gasteiger partial charge in [0.15, 0.2) is 11.5 Å². The summed E-state index contributed by atoms with van der Waals surface area (Å²) in [6, 6.07) is 12.3. The predicted octanol–water partition coefficient (Wildman–Crippen LogP) is 6.00. The molecule has 2 aromatic carbocycles. The smallest absolute Gasteiger partial charge is 0.319 e. The minimum atomic E-state index is -0.268. The molecule has 2 N–H and O–H groups in total. The molecule has 1 aliphatic heterocycles. The molecule has 8 heteroatoms. The van der Waals surface area contributed by atoms with Gasteiger partial charge in [-0.1, -0.05) is 30.7 Å². The van der Waals surface area contributed by atoms with Crippen LogP contribution in [0.5, 0.6) is 17.2 Å². The SMILES string of the molecule is CC[C@@H]1CC(Cc2ccc(Cl)cc2)CC(C)N1CC(C)NC(=O)Nc1cc(OC)c(OC)c(OC)c1. The number of rotatable bonds is 10. The molecule has 1 aliphatic rings. The van der Waals surface area contributed by atoms with Crippen LogP contribution in [0.1, 0.15) is 45.6 Å². The monoisotopic (exact) mass is 517 g/mol. The van der Waals surface area contributed by atoms with Crippen molar-refractivity contribution in [3.05, 3.63) is 47.0 Å². The van der Waals surface area contributed by atoms with Gasteiger partial charge < -0.3 is 24.8 Å². The van der Waals surface area contributed by atoms with E-state index in [-0.39, 0.29) is 12.1 Å². The Labute approximate surface area is 220 Å². The zero-order valence-electron chi connectivity index (χ0n) is 22.3. The molecule has 4 atom stereocenters. The average Bonchev–Trinajstić information content (AvgIpc) is 2.85. The van der Waals surface area contributed by atoms with Gasteiger partial charge in [-0.15, -0.1) is 0 Å². The maximum absolute atomic E-state index is 12.8. The molecule has 1 fully saturated rings. The first-order valence-electron chi connectivity index (χ1n) is 12.7. The number of amides is 2. The number of nitrogens with one attached hydrogen (secondary N) is 2. The van der Waals surface area contributed by atoms with Crippen LogP contribution in [-0.4, -0.2) is 56.9 Å². The van der Waals surface area contributed by atoms with Gasteiger partial charge in [0.2, 0.25) is 5.75 Å². The number of piperidine rings is 1. The lowest BCUT2D eigenvalue weighted by Gasteiger charge is -2.45. The fourth-order valence-corrected chi connectivity index (χ4v) is 5.48. The fraction of sp³-hybridized carbons (Fsp3) is 0.536. The summed E-state index contributed by atoms with van der Waals surface area (Å²) in [4.78, 5) is 15.3. The highest BCUT2D eigenvalue weighted by molar-refractivity contribution is 6.30. The number of urea groups is 1. The number of carbonyl (C=O) groups is 1. The van der Waals surface area contributed by atoms with Gasteiger partial charge in [0, 0.05) is 41.8 Å². The molecule has 1 heterocycles. The number of anilines is 1. The minimum Gasteiger partial charge on any atom is -0.493 e. The Bertz CT molecular complexity index is 976. The third-order valence-electron chi connectivity index (χ3n) is 7.01. The van der Waals surface area contributed by atoms with Crippen molar-refractivity contribution in [2.24, 2.45) is 5.92 Å². The molecule has 3 unspecified atom stereocenters. The molecule has 2 amide bonds. The third kappa shape index (κ3) is 7.20. The Morgan fingerprint density at radius 1 is 1.08 bits per heavy atom. The molecule has 36 heavy (non-hydrogen) atoms. The Morgan fingerprint density at radius 2 is 1.72 bits per heavy atom. The van der Waals surface area contributed by atoms with Crippen LogP contribution in [0.2, 0.25) is 5.02 Å². The molecule has 0 spiro atoms. The first-order valence-corrected chi connectivity index (χ1v) is 13.0. The molecule has 0 radical (unpaired) electrons. The number of methoxy groups -OCH3 is 3. The minimum absolute atomic E-state index is 0.0173. The Hall–Kier alpha value is -2.64. The van der Waals surface area contributed by atoms with Crippen molar-refractivity contribution in [3.63, 3.8) is 0 Å². The van der Waals surface area contributed by atoms with Crippen molar-refractivity contribution in [3.8, 4) is 17.2 Å². The lowest BCUT2D eigenvalue weighted by molar-refractivity contribution is 0.0519. The Morgan fingerprint density at radius 3 is 2.28 bits per heavy atom. The quantitative estimate of drug-likeness (QED) is 0.404. The first kappa shape index (κ1) is 27.9. The zero-order chi connectivity index (χ0) is 26.2. The van der Waals surface area contributed by atoms with Gasteiger partial charge in [0.05, 0.1) is 27.0 Å². The predicted molar refractivity (Wildman–Crippen MR) is 146 cm³/mol. The molecular formula is C28H40ClN3O4. The zero-order valence-corrected chi connectivity index (χ0v) is 23.0. The standard InChI is InChI=1S/C28H40ClN3O4/c1-7-24-14-21(13-20-8-10-22(29)11-9-20)12-19(3)32(24)17-18(2)30-28(33)31-23-15-25(34-4)27(36-6)26(16-23)35-5/h8-11,15-16,18-19,21,24H,7,12-14,17H2,1-6H3,(H2,30,31,33)/t18?,19?,21?,24-/m1/s1. The molecule has 0 aliphatic carbocycles. The molecular weight excluding hydrogens is 478 g/mol. The molecule has 0 saturated carbocycles. The summed E-state index contributed by atoms with van der Waals surface area (Å²) in [5.74, 6) is 2.11. The van der Waals surface area contributed by atoms with E-state index in [0.717, 1.165) is 37.3 Å². The highest BCUT2D eigenvalue weighted by atomic mass is 35.5. The van der Waals surface area contributed by atoms with Crippen molar-refractivity contribution in [1.29, 1.82) is 0 Å². The van der Waals surface area contributed by atoms with E-state index in [1.54, 1.807) is 33.5 Å². The third-order valence-corrected chi connectivity index (χ3v) is 7.26. The number of halogens is 1. The van der Waals surface area contributed by atoms with E-state index in [9.17, 15) is 4.79 Å². The second kappa shape index (κ2) is 13.1. The van der Waals surface area contributed by atoms with Crippen LogP contribution < -0.4 is 24.8 Å².